The number of carbonyl (C=O) groups excluding carboxylic acids is 3. The van der Waals surface area contributed by atoms with Gasteiger partial charge in [0.25, 0.3) is 0 Å². The molecule has 0 radical (unpaired) electrons. The Bertz CT molecular complexity index is 954. The molecule has 0 spiro atoms. The van der Waals surface area contributed by atoms with E-state index in [-0.39, 0.29) is 23.6 Å². The van der Waals surface area contributed by atoms with Crippen molar-refractivity contribution in [2.24, 2.45) is 11.8 Å². The Kier molecular flexibility index (Phi) is 6.00. The fraction of sp³-hybridized carbons (Fsp3) is 0.731. The number of rotatable bonds is 5. The van der Waals surface area contributed by atoms with Crippen molar-refractivity contribution in [2.75, 3.05) is 0 Å². The fourth-order valence-electron chi connectivity index (χ4n) is 5.03. The number of hydrogen-bond donors (Lipinski definition) is 0. The molecule has 1 aliphatic carbocycles. The van der Waals surface area contributed by atoms with Crippen molar-refractivity contribution < 1.29 is 38.1 Å². The maximum atomic E-state index is 13.0. The van der Waals surface area contributed by atoms with Gasteiger partial charge in [-0.25, -0.2) is 9.59 Å². The number of ether oxygens (including phenoxy) is 5. The molecule has 4 aliphatic rings. The highest BCUT2D eigenvalue weighted by atomic mass is 16.7. The van der Waals surface area contributed by atoms with E-state index in [1.807, 2.05) is 41.5 Å². The maximum absolute atomic E-state index is 13.0. The maximum Gasteiger partial charge on any atom is 0.341 e. The summed E-state index contributed by atoms with van der Waals surface area (Å²) in [5, 5.41) is 0. The van der Waals surface area contributed by atoms with Gasteiger partial charge in [-0.2, -0.15) is 0 Å². The summed E-state index contributed by atoms with van der Waals surface area (Å²) in [6, 6.07) is 0. The molecule has 0 amide bonds. The van der Waals surface area contributed by atoms with Crippen LogP contribution in [0.1, 0.15) is 67.7 Å². The van der Waals surface area contributed by atoms with Crippen molar-refractivity contribution in [2.45, 2.75) is 109 Å². The van der Waals surface area contributed by atoms with Crippen LogP contribution in [-0.4, -0.2) is 59.1 Å². The van der Waals surface area contributed by atoms with Crippen molar-refractivity contribution in [3.63, 3.8) is 0 Å². The van der Waals surface area contributed by atoms with Crippen LogP contribution in [0, 0.1) is 11.8 Å². The Morgan fingerprint density at radius 3 is 2.41 bits per heavy atom. The van der Waals surface area contributed by atoms with Crippen molar-refractivity contribution in [3.8, 4) is 0 Å². The summed E-state index contributed by atoms with van der Waals surface area (Å²) in [6.07, 6.45) is 1.10. The fourth-order valence-corrected chi connectivity index (χ4v) is 5.03. The second-order valence-electron chi connectivity index (χ2n) is 10.8. The first-order valence-electron chi connectivity index (χ1n) is 12.1. The zero-order valence-corrected chi connectivity index (χ0v) is 21.1. The molecule has 188 valence electrons. The van der Waals surface area contributed by atoms with E-state index in [0.29, 0.717) is 19.3 Å². The average Bonchev–Trinajstić information content (AvgIpc) is 3.50. The molecule has 0 aromatic rings. The quantitative estimate of drug-likeness (QED) is 0.195. The van der Waals surface area contributed by atoms with Gasteiger partial charge in [0.05, 0.1) is 29.1 Å². The molecule has 0 N–H and O–H groups in total. The number of esters is 3. The van der Waals surface area contributed by atoms with Crippen molar-refractivity contribution >= 4 is 17.9 Å². The van der Waals surface area contributed by atoms with Gasteiger partial charge < -0.3 is 23.7 Å². The molecule has 4 rings (SSSR count). The Balaban J connectivity index is 1.68. The SMILES string of the molecule is C=C1C(=O)O[C@@H]2/C=C(/C)[C@@H](OC(=O)[C@H](C)CC)C[C@@]3(C)O[C@]3(C)C[C@@H](OC(=O)[C@]3(C)O[C@@H]3C)[C@@H]12. The average molecular weight is 477 g/mol. The lowest BCUT2D eigenvalue weighted by Gasteiger charge is -2.31. The standard InChI is InChI=1S/C26H36O8/c1-9-13(2)21(27)31-18-11-24(6)25(7,34-24)12-19(32-23(29)26(8)16(5)33-26)20-15(4)22(28)30-17(20)10-14(18)3/h10,13,16-20H,4,9,11-12H2,1-3,5-8H3/b14-10-/t13-,16-,17-,18+,19-,20+,24-,25-,26-/m1/s1. The summed E-state index contributed by atoms with van der Waals surface area (Å²) in [5.74, 6) is -2.08. The molecule has 0 bridgehead atoms. The molecular formula is C26H36O8. The van der Waals surface area contributed by atoms with Gasteiger partial charge in [-0.3, -0.25) is 4.79 Å². The highest BCUT2D eigenvalue weighted by molar-refractivity contribution is 5.91. The third kappa shape index (κ3) is 4.09. The number of hydrogen-bond acceptors (Lipinski definition) is 8. The molecule has 3 heterocycles. The van der Waals surface area contributed by atoms with Gasteiger partial charge in [0.15, 0.2) is 5.60 Å². The van der Waals surface area contributed by atoms with Crippen LogP contribution in [0.5, 0.6) is 0 Å². The summed E-state index contributed by atoms with van der Waals surface area (Å²) < 4.78 is 29.2. The molecule has 8 heteroatoms. The molecule has 0 unspecified atom stereocenters. The van der Waals surface area contributed by atoms with E-state index < -0.39 is 53.0 Å². The van der Waals surface area contributed by atoms with Crippen LogP contribution in [-0.2, 0) is 38.1 Å². The Hall–Kier alpha value is -2.19. The van der Waals surface area contributed by atoms with Gasteiger partial charge in [-0.1, -0.05) is 20.4 Å². The van der Waals surface area contributed by atoms with E-state index in [0.717, 1.165) is 5.57 Å². The molecule has 3 fully saturated rings. The largest absolute Gasteiger partial charge is 0.459 e. The zero-order valence-electron chi connectivity index (χ0n) is 21.1. The molecular weight excluding hydrogens is 440 g/mol. The molecule has 0 aromatic carbocycles. The van der Waals surface area contributed by atoms with Crippen molar-refractivity contribution in [1.29, 1.82) is 0 Å². The molecule has 8 nitrogen and oxygen atoms in total. The smallest absolute Gasteiger partial charge is 0.341 e. The van der Waals surface area contributed by atoms with Crippen molar-refractivity contribution in [3.05, 3.63) is 23.8 Å². The van der Waals surface area contributed by atoms with Gasteiger partial charge in [0.2, 0.25) is 0 Å². The van der Waals surface area contributed by atoms with E-state index in [2.05, 4.69) is 6.58 Å². The van der Waals surface area contributed by atoms with Gasteiger partial charge in [-0.05, 0) is 52.7 Å². The lowest BCUT2D eigenvalue weighted by atomic mass is 9.78. The van der Waals surface area contributed by atoms with Crippen LogP contribution in [0.4, 0.5) is 0 Å². The summed E-state index contributed by atoms with van der Waals surface area (Å²) in [6.45, 7) is 17.0. The van der Waals surface area contributed by atoms with Crippen LogP contribution >= 0.6 is 0 Å². The topological polar surface area (TPSA) is 104 Å². The second-order valence-corrected chi connectivity index (χ2v) is 10.8. The Morgan fingerprint density at radius 1 is 1.21 bits per heavy atom. The minimum Gasteiger partial charge on any atom is -0.459 e. The Labute approximate surface area is 201 Å². The molecule has 0 aromatic heterocycles. The predicted molar refractivity (Wildman–Crippen MR) is 122 cm³/mol. The van der Waals surface area contributed by atoms with Crippen LogP contribution in [0.3, 0.4) is 0 Å². The monoisotopic (exact) mass is 476 g/mol. The highest BCUT2D eigenvalue weighted by Gasteiger charge is 2.67. The Morgan fingerprint density at radius 2 is 1.82 bits per heavy atom. The summed E-state index contributed by atoms with van der Waals surface area (Å²) in [5.41, 5.74) is -1.24. The first kappa shape index (κ1) is 24.9. The van der Waals surface area contributed by atoms with Crippen molar-refractivity contribution in [1.82, 2.24) is 0 Å². The van der Waals surface area contributed by atoms with Crippen LogP contribution in [0.2, 0.25) is 0 Å². The minimum absolute atomic E-state index is 0.225. The molecule has 3 saturated heterocycles. The third-order valence-electron chi connectivity index (χ3n) is 8.37. The summed E-state index contributed by atoms with van der Waals surface area (Å²) in [4.78, 5) is 38.1. The van der Waals surface area contributed by atoms with Crippen LogP contribution < -0.4 is 0 Å². The highest BCUT2D eigenvalue weighted by Crippen LogP contribution is 2.56. The van der Waals surface area contributed by atoms with E-state index in [4.69, 9.17) is 23.7 Å². The van der Waals surface area contributed by atoms with Gasteiger partial charge in [-0.15, -0.1) is 0 Å². The second kappa shape index (κ2) is 8.19. The van der Waals surface area contributed by atoms with E-state index in [1.165, 1.54) is 0 Å². The van der Waals surface area contributed by atoms with Crippen LogP contribution in [0.25, 0.3) is 0 Å². The van der Waals surface area contributed by atoms with E-state index in [9.17, 15) is 14.4 Å². The lowest BCUT2D eigenvalue weighted by molar-refractivity contribution is -0.159. The minimum atomic E-state index is -0.995. The number of fused-ring (bicyclic) bond motifs is 2. The first-order valence-corrected chi connectivity index (χ1v) is 12.1. The lowest BCUT2D eigenvalue weighted by Crippen LogP contribution is -2.42. The molecule has 34 heavy (non-hydrogen) atoms. The van der Waals surface area contributed by atoms with Gasteiger partial charge in [0.1, 0.15) is 18.3 Å². The van der Waals surface area contributed by atoms with E-state index >= 15 is 0 Å². The normalized spacial score (nSPS) is 45.6. The van der Waals surface area contributed by atoms with Gasteiger partial charge in [0, 0.05) is 18.4 Å². The molecule has 9 atom stereocenters. The van der Waals surface area contributed by atoms with Crippen LogP contribution in [0.15, 0.2) is 23.8 Å². The number of epoxide rings is 2. The first-order chi connectivity index (χ1) is 15.7. The van der Waals surface area contributed by atoms with Gasteiger partial charge >= 0.3 is 17.9 Å². The van der Waals surface area contributed by atoms with E-state index in [1.54, 1.807) is 13.0 Å². The zero-order chi connectivity index (χ0) is 25.2. The summed E-state index contributed by atoms with van der Waals surface area (Å²) in [7, 11) is 0. The number of carbonyl (C=O) groups is 3. The molecule has 0 saturated carbocycles. The third-order valence-corrected chi connectivity index (χ3v) is 8.37. The predicted octanol–water partition coefficient (Wildman–Crippen LogP) is 3.42. The summed E-state index contributed by atoms with van der Waals surface area (Å²) >= 11 is 0. The molecule has 3 aliphatic heterocycles.